The van der Waals surface area contributed by atoms with Gasteiger partial charge in [-0.1, -0.05) is 6.92 Å². The Morgan fingerprint density at radius 2 is 2.38 bits per heavy atom. The summed E-state index contributed by atoms with van der Waals surface area (Å²) in [7, 11) is 0. The summed E-state index contributed by atoms with van der Waals surface area (Å²) in [6, 6.07) is 4.42. The van der Waals surface area contributed by atoms with E-state index in [9.17, 15) is 14.3 Å². The van der Waals surface area contributed by atoms with E-state index in [0.717, 1.165) is 11.3 Å². The zero-order valence-corrected chi connectivity index (χ0v) is 9.09. The average Bonchev–Trinajstić information content (AvgIpc) is 2.28. The van der Waals surface area contributed by atoms with Crippen LogP contribution in [0, 0.1) is 5.82 Å². The number of aliphatic carboxylic acids is 1. The molecule has 4 heteroatoms. The van der Waals surface area contributed by atoms with Crippen LogP contribution < -0.4 is 5.32 Å². The number of rotatable bonds is 2. The molecule has 0 spiro atoms. The second-order valence-corrected chi connectivity index (χ2v) is 4.17. The maximum Gasteiger partial charge on any atom is 0.329 e. The van der Waals surface area contributed by atoms with E-state index in [0.29, 0.717) is 19.3 Å². The summed E-state index contributed by atoms with van der Waals surface area (Å²) in [6.07, 6.45) is 1.61. The number of carboxylic acid groups (broad SMARTS) is 1. The Morgan fingerprint density at radius 1 is 1.62 bits per heavy atom. The predicted octanol–water partition coefficient (Wildman–Crippen LogP) is 2.42. The van der Waals surface area contributed by atoms with Crippen molar-refractivity contribution in [1.29, 1.82) is 0 Å². The molecule has 2 N–H and O–H groups in total. The first kappa shape index (κ1) is 10.9. The number of benzene rings is 1. The number of fused-ring (bicyclic) bond motifs is 1. The van der Waals surface area contributed by atoms with Crippen LogP contribution in [-0.2, 0) is 11.2 Å². The fraction of sp³-hybridized carbons (Fsp3) is 0.417. The topological polar surface area (TPSA) is 49.3 Å². The van der Waals surface area contributed by atoms with Gasteiger partial charge in [0.15, 0.2) is 0 Å². The molecule has 1 atom stereocenters. The van der Waals surface area contributed by atoms with Crippen LogP contribution in [0.2, 0.25) is 0 Å². The van der Waals surface area contributed by atoms with Gasteiger partial charge in [0, 0.05) is 5.69 Å². The van der Waals surface area contributed by atoms with Crippen molar-refractivity contribution in [3.8, 4) is 0 Å². The summed E-state index contributed by atoms with van der Waals surface area (Å²) in [4.78, 5) is 11.2. The monoisotopic (exact) mass is 223 g/mol. The normalized spacial score (nSPS) is 23.4. The highest BCUT2D eigenvalue weighted by atomic mass is 19.1. The van der Waals surface area contributed by atoms with E-state index in [1.807, 2.05) is 6.92 Å². The van der Waals surface area contributed by atoms with Crippen molar-refractivity contribution in [2.24, 2.45) is 0 Å². The van der Waals surface area contributed by atoms with E-state index in [2.05, 4.69) is 5.32 Å². The molecular formula is C12H14FNO2. The molecule has 1 aromatic rings. The van der Waals surface area contributed by atoms with Crippen LogP contribution >= 0.6 is 0 Å². The number of anilines is 1. The van der Waals surface area contributed by atoms with Gasteiger partial charge in [-0.25, -0.2) is 9.18 Å². The average molecular weight is 223 g/mol. The predicted molar refractivity (Wildman–Crippen MR) is 59.0 cm³/mol. The second-order valence-electron chi connectivity index (χ2n) is 4.17. The van der Waals surface area contributed by atoms with Gasteiger partial charge in [0.2, 0.25) is 0 Å². The quantitative estimate of drug-likeness (QED) is 0.809. The lowest BCUT2D eigenvalue weighted by Gasteiger charge is -2.35. The van der Waals surface area contributed by atoms with Gasteiger partial charge in [-0.3, -0.25) is 0 Å². The van der Waals surface area contributed by atoms with Crippen LogP contribution in [0.4, 0.5) is 10.1 Å². The fourth-order valence-corrected chi connectivity index (χ4v) is 2.14. The number of halogens is 1. The highest BCUT2D eigenvalue weighted by molar-refractivity contribution is 5.84. The molecule has 1 aliphatic heterocycles. The Bertz CT molecular complexity index is 433. The molecule has 1 heterocycles. The zero-order chi connectivity index (χ0) is 11.8. The van der Waals surface area contributed by atoms with Crippen LogP contribution in [0.25, 0.3) is 0 Å². The van der Waals surface area contributed by atoms with E-state index in [4.69, 9.17) is 0 Å². The van der Waals surface area contributed by atoms with Gasteiger partial charge < -0.3 is 10.4 Å². The Labute approximate surface area is 93.3 Å². The summed E-state index contributed by atoms with van der Waals surface area (Å²) in [5.41, 5.74) is 0.687. The molecule has 1 unspecified atom stereocenters. The minimum absolute atomic E-state index is 0.278. The fourth-order valence-electron chi connectivity index (χ4n) is 2.14. The molecule has 1 aromatic carbocycles. The largest absolute Gasteiger partial charge is 0.480 e. The third-order valence-electron chi connectivity index (χ3n) is 3.28. The molecule has 0 fully saturated rings. The van der Waals surface area contributed by atoms with Gasteiger partial charge in [0.1, 0.15) is 11.4 Å². The van der Waals surface area contributed by atoms with E-state index in [1.54, 1.807) is 6.07 Å². The third kappa shape index (κ3) is 1.64. The number of hydrogen-bond donors (Lipinski definition) is 2. The SMILES string of the molecule is CCC1(C(=O)O)CCc2cc(F)ccc2N1. The van der Waals surface area contributed by atoms with E-state index in [-0.39, 0.29) is 5.82 Å². The number of carbonyl (C=O) groups is 1. The van der Waals surface area contributed by atoms with Crippen LogP contribution in [0.15, 0.2) is 18.2 Å². The van der Waals surface area contributed by atoms with Gasteiger partial charge >= 0.3 is 5.97 Å². The smallest absolute Gasteiger partial charge is 0.329 e. The molecule has 3 nitrogen and oxygen atoms in total. The van der Waals surface area contributed by atoms with Gasteiger partial charge in [0.25, 0.3) is 0 Å². The lowest BCUT2D eigenvalue weighted by molar-refractivity contribution is -0.142. The standard InChI is InChI=1S/C12H14FNO2/c1-2-12(11(15)16)6-5-8-7-9(13)3-4-10(8)14-12/h3-4,7,14H,2,5-6H2,1H3,(H,15,16). The lowest BCUT2D eigenvalue weighted by Crippen LogP contribution is -2.48. The number of aryl methyl sites for hydroxylation is 1. The molecule has 0 radical (unpaired) electrons. The minimum Gasteiger partial charge on any atom is -0.480 e. The molecule has 1 aliphatic rings. The van der Waals surface area contributed by atoms with E-state index in [1.165, 1.54) is 12.1 Å². The molecule has 0 bridgehead atoms. The van der Waals surface area contributed by atoms with Crippen molar-refractivity contribution in [2.45, 2.75) is 31.7 Å². The first-order chi connectivity index (χ1) is 7.57. The highest BCUT2D eigenvalue weighted by Gasteiger charge is 2.39. The van der Waals surface area contributed by atoms with Crippen LogP contribution in [0.1, 0.15) is 25.3 Å². The summed E-state index contributed by atoms with van der Waals surface area (Å²) in [5, 5.41) is 12.3. The highest BCUT2D eigenvalue weighted by Crippen LogP contribution is 2.33. The van der Waals surface area contributed by atoms with Gasteiger partial charge in [-0.15, -0.1) is 0 Å². The number of nitrogens with one attached hydrogen (secondary N) is 1. The molecular weight excluding hydrogens is 209 g/mol. The first-order valence-corrected chi connectivity index (χ1v) is 5.37. The lowest BCUT2D eigenvalue weighted by atomic mass is 9.84. The van der Waals surface area contributed by atoms with Gasteiger partial charge in [-0.05, 0) is 43.0 Å². The molecule has 86 valence electrons. The molecule has 16 heavy (non-hydrogen) atoms. The summed E-state index contributed by atoms with van der Waals surface area (Å²) >= 11 is 0. The van der Waals surface area contributed by atoms with E-state index >= 15 is 0 Å². The number of carboxylic acids is 1. The Hall–Kier alpha value is -1.58. The van der Waals surface area contributed by atoms with Crippen LogP contribution in [0.5, 0.6) is 0 Å². The number of hydrogen-bond acceptors (Lipinski definition) is 2. The van der Waals surface area contributed by atoms with Crippen molar-refractivity contribution in [3.63, 3.8) is 0 Å². The maximum atomic E-state index is 13.0. The minimum atomic E-state index is -0.898. The Kier molecular flexibility index (Phi) is 2.58. The van der Waals surface area contributed by atoms with Crippen molar-refractivity contribution < 1.29 is 14.3 Å². The molecule has 2 rings (SSSR count). The zero-order valence-electron chi connectivity index (χ0n) is 9.09. The molecule has 0 aliphatic carbocycles. The summed E-state index contributed by atoms with van der Waals surface area (Å²) < 4.78 is 13.0. The maximum absolute atomic E-state index is 13.0. The molecule has 0 aromatic heterocycles. The van der Waals surface area contributed by atoms with Crippen molar-refractivity contribution in [1.82, 2.24) is 0 Å². The van der Waals surface area contributed by atoms with Crippen molar-refractivity contribution in [2.75, 3.05) is 5.32 Å². The van der Waals surface area contributed by atoms with Crippen molar-refractivity contribution >= 4 is 11.7 Å². The van der Waals surface area contributed by atoms with Gasteiger partial charge in [0.05, 0.1) is 0 Å². The van der Waals surface area contributed by atoms with Crippen LogP contribution in [0.3, 0.4) is 0 Å². The van der Waals surface area contributed by atoms with E-state index < -0.39 is 11.5 Å². The summed E-state index contributed by atoms with van der Waals surface area (Å²) in [6.45, 7) is 1.84. The third-order valence-corrected chi connectivity index (χ3v) is 3.28. The Morgan fingerprint density at radius 3 is 3.00 bits per heavy atom. The molecule has 0 amide bonds. The molecule has 0 saturated carbocycles. The molecule has 0 saturated heterocycles. The van der Waals surface area contributed by atoms with Crippen LogP contribution in [-0.4, -0.2) is 16.6 Å². The first-order valence-electron chi connectivity index (χ1n) is 5.37. The van der Waals surface area contributed by atoms with Crippen molar-refractivity contribution in [3.05, 3.63) is 29.6 Å². The Balaban J connectivity index is 2.36. The summed E-state index contributed by atoms with van der Waals surface area (Å²) in [5.74, 6) is -1.12. The van der Waals surface area contributed by atoms with Gasteiger partial charge in [-0.2, -0.15) is 0 Å². The second kappa shape index (κ2) is 3.77.